The molecule has 0 radical (unpaired) electrons. The number of hydrogen-bond acceptors (Lipinski definition) is 4. The number of alkyl halides is 1. The number of esters is 1. The molecule has 104 valence electrons. The Morgan fingerprint density at radius 1 is 1.44 bits per heavy atom. The predicted molar refractivity (Wildman–Crippen MR) is 72.6 cm³/mol. The third-order valence-electron chi connectivity index (χ3n) is 3.22. The molecule has 6 heteroatoms. The van der Waals surface area contributed by atoms with E-state index in [0.717, 1.165) is 32.5 Å². The van der Waals surface area contributed by atoms with Gasteiger partial charge in [-0.05, 0) is 31.8 Å². The molecule has 1 fully saturated rings. The van der Waals surface area contributed by atoms with Gasteiger partial charge < -0.3 is 15.0 Å². The summed E-state index contributed by atoms with van der Waals surface area (Å²) < 4.78 is 4.68. The number of amides is 1. The van der Waals surface area contributed by atoms with E-state index in [1.54, 1.807) is 6.92 Å². The lowest BCUT2D eigenvalue weighted by molar-refractivity contribution is -0.140. The van der Waals surface area contributed by atoms with Crippen molar-refractivity contribution in [3.05, 3.63) is 0 Å². The number of piperidine rings is 1. The molecule has 1 aliphatic rings. The van der Waals surface area contributed by atoms with Crippen LogP contribution < -0.4 is 5.32 Å². The highest BCUT2D eigenvalue weighted by Gasteiger charge is 2.24. The Bertz CT molecular complexity index is 291. The Hall–Kier alpha value is -0.620. The van der Waals surface area contributed by atoms with E-state index in [-0.39, 0.29) is 16.7 Å². The number of hydrogen-bond donors (Lipinski definition) is 1. The van der Waals surface area contributed by atoms with Gasteiger partial charge in [-0.25, -0.2) is 0 Å². The van der Waals surface area contributed by atoms with E-state index in [9.17, 15) is 9.59 Å². The van der Waals surface area contributed by atoms with Crippen molar-refractivity contribution in [2.24, 2.45) is 5.92 Å². The summed E-state index contributed by atoms with van der Waals surface area (Å²) in [7, 11) is 1.40. The van der Waals surface area contributed by atoms with Crippen molar-refractivity contribution in [2.45, 2.75) is 24.6 Å². The maximum Gasteiger partial charge on any atom is 0.320 e. The van der Waals surface area contributed by atoms with E-state index >= 15 is 0 Å². The van der Waals surface area contributed by atoms with E-state index in [1.807, 2.05) is 0 Å². The van der Waals surface area contributed by atoms with Crippen molar-refractivity contribution in [1.29, 1.82) is 0 Å². The Morgan fingerprint density at radius 3 is 2.56 bits per heavy atom. The number of carbonyl (C=O) groups excluding carboxylic acids is 2. The molecule has 5 nitrogen and oxygen atoms in total. The maximum atomic E-state index is 11.3. The Morgan fingerprint density at radius 2 is 2.06 bits per heavy atom. The van der Waals surface area contributed by atoms with Gasteiger partial charge in [-0.2, -0.15) is 0 Å². The fraction of sp³-hybridized carbons (Fsp3) is 0.833. The first kappa shape index (κ1) is 15.4. The predicted octanol–water partition coefficient (Wildman–Crippen LogP) is 0.771. The van der Waals surface area contributed by atoms with Crippen LogP contribution in [0.4, 0.5) is 0 Å². The third kappa shape index (κ3) is 5.35. The van der Waals surface area contributed by atoms with E-state index in [4.69, 9.17) is 0 Å². The smallest absolute Gasteiger partial charge is 0.320 e. The molecule has 1 aliphatic heterocycles. The number of halogens is 1. The van der Waals surface area contributed by atoms with Gasteiger partial charge in [0.1, 0.15) is 4.83 Å². The molecule has 1 rings (SSSR count). The van der Waals surface area contributed by atoms with Gasteiger partial charge in [-0.15, -0.1) is 0 Å². The monoisotopic (exact) mass is 320 g/mol. The van der Waals surface area contributed by atoms with Gasteiger partial charge in [-0.3, -0.25) is 9.59 Å². The van der Waals surface area contributed by atoms with Gasteiger partial charge >= 0.3 is 5.97 Å². The molecule has 1 unspecified atom stereocenters. The minimum Gasteiger partial charge on any atom is -0.468 e. The first-order valence-corrected chi connectivity index (χ1v) is 7.13. The summed E-state index contributed by atoms with van der Waals surface area (Å²) in [5.41, 5.74) is 0. The summed E-state index contributed by atoms with van der Waals surface area (Å²) in [5, 5.41) is 2.86. The van der Waals surface area contributed by atoms with Crippen molar-refractivity contribution in [2.75, 3.05) is 33.3 Å². The Kier molecular flexibility index (Phi) is 6.63. The van der Waals surface area contributed by atoms with Crippen molar-refractivity contribution < 1.29 is 14.3 Å². The van der Waals surface area contributed by atoms with Crippen LogP contribution in [-0.4, -0.2) is 54.9 Å². The van der Waals surface area contributed by atoms with Gasteiger partial charge in [0.15, 0.2) is 0 Å². The van der Waals surface area contributed by atoms with Crippen molar-refractivity contribution in [3.63, 3.8) is 0 Å². The molecule has 1 saturated heterocycles. The standard InChI is InChI=1S/C12H21BrN2O3/c1-9(16)14-7-10-3-5-15(6-4-10)8-11(13)12(17)18-2/h10-11H,3-8H2,1-2H3,(H,14,16). The molecule has 0 spiro atoms. The maximum absolute atomic E-state index is 11.3. The number of ether oxygens (including phenoxy) is 1. The van der Waals surface area contributed by atoms with E-state index < -0.39 is 0 Å². The lowest BCUT2D eigenvalue weighted by Crippen LogP contribution is -2.42. The summed E-state index contributed by atoms with van der Waals surface area (Å²) in [6.45, 7) is 4.91. The van der Waals surface area contributed by atoms with Gasteiger partial charge in [0.25, 0.3) is 0 Å². The van der Waals surface area contributed by atoms with Crippen LogP contribution in [0, 0.1) is 5.92 Å². The second-order valence-electron chi connectivity index (χ2n) is 4.67. The zero-order chi connectivity index (χ0) is 13.5. The van der Waals surface area contributed by atoms with Crippen molar-refractivity contribution >= 4 is 27.8 Å². The molecule has 1 atom stereocenters. The van der Waals surface area contributed by atoms with Crippen LogP contribution >= 0.6 is 15.9 Å². The highest BCUT2D eigenvalue weighted by Crippen LogP contribution is 2.18. The van der Waals surface area contributed by atoms with E-state index in [0.29, 0.717) is 12.5 Å². The molecule has 0 aromatic carbocycles. The summed E-state index contributed by atoms with van der Waals surface area (Å²) in [5.74, 6) is 0.357. The van der Waals surface area contributed by atoms with Gasteiger partial charge in [0.2, 0.25) is 5.91 Å². The number of methoxy groups -OCH3 is 1. The third-order valence-corrected chi connectivity index (χ3v) is 3.89. The molecule has 0 aromatic heterocycles. The number of nitrogens with zero attached hydrogens (tertiary/aromatic N) is 1. The first-order valence-electron chi connectivity index (χ1n) is 6.21. The summed E-state index contributed by atoms with van der Waals surface area (Å²) in [6, 6.07) is 0. The Labute approximate surface area is 116 Å². The van der Waals surface area contributed by atoms with Crippen LogP contribution in [0.15, 0.2) is 0 Å². The number of rotatable bonds is 5. The van der Waals surface area contributed by atoms with Gasteiger partial charge in [-0.1, -0.05) is 15.9 Å². The van der Waals surface area contributed by atoms with Crippen LogP contribution in [0.3, 0.4) is 0 Å². The molecule has 0 bridgehead atoms. The van der Waals surface area contributed by atoms with Crippen molar-refractivity contribution in [1.82, 2.24) is 10.2 Å². The van der Waals surface area contributed by atoms with Crippen LogP contribution in [0.25, 0.3) is 0 Å². The average Bonchev–Trinajstić information content (AvgIpc) is 2.36. The molecule has 1 N–H and O–H groups in total. The Balaban J connectivity index is 2.22. The normalized spacial score (nSPS) is 19.3. The molecular weight excluding hydrogens is 300 g/mol. The van der Waals surface area contributed by atoms with Crippen LogP contribution in [0.2, 0.25) is 0 Å². The lowest BCUT2D eigenvalue weighted by atomic mass is 9.96. The second kappa shape index (κ2) is 7.74. The van der Waals surface area contributed by atoms with Crippen LogP contribution in [0.5, 0.6) is 0 Å². The van der Waals surface area contributed by atoms with Crippen LogP contribution in [0.1, 0.15) is 19.8 Å². The molecule has 0 aliphatic carbocycles. The highest BCUT2D eigenvalue weighted by molar-refractivity contribution is 9.10. The largest absolute Gasteiger partial charge is 0.468 e. The topological polar surface area (TPSA) is 58.6 Å². The van der Waals surface area contributed by atoms with E-state index in [1.165, 1.54) is 7.11 Å². The molecule has 1 heterocycles. The average molecular weight is 321 g/mol. The molecule has 1 amide bonds. The summed E-state index contributed by atoms with van der Waals surface area (Å²) >= 11 is 3.33. The van der Waals surface area contributed by atoms with E-state index in [2.05, 4.69) is 30.9 Å². The molecule has 18 heavy (non-hydrogen) atoms. The zero-order valence-corrected chi connectivity index (χ0v) is 12.5. The minimum absolute atomic E-state index is 0.0312. The lowest BCUT2D eigenvalue weighted by Gasteiger charge is -2.32. The van der Waals surface area contributed by atoms with Gasteiger partial charge in [0.05, 0.1) is 7.11 Å². The first-order chi connectivity index (χ1) is 8.52. The number of likely N-dealkylation sites (tertiary alicyclic amines) is 1. The fourth-order valence-corrected chi connectivity index (χ4v) is 2.69. The second-order valence-corrected chi connectivity index (χ2v) is 5.78. The highest BCUT2D eigenvalue weighted by atomic mass is 79.9. The summed E-state index contributed by atoms with van der Waals surface area (Å²) in [4.78, 5) is 24.1. The van der Waals surface area contributed by atoms with Crippen molar-refractivity contribution in [3.8, 4) is 0 Å². The minimum atomic E-state index is -0.255. The van der Waals surface area contributed by atoms with Gasteiger partial charge in [0, 0.05) is 20.0 Å². The summed E-state index contributed by atoms with van der Waals surface area (Å²) in [6.07, 6.45) is 2.11. The quantitative estimate of drug-likeness (QED) is 0.600. The van der Waals surface area contributed by atoms with Crippen LogP contribution in [-0.2, 0) is 14.3 Å². The molecule has 0 aromatic rings. The molecular formula is C12H21BrN2O3. The molecule has 0 saturated carbocycles. The number of carbonyl (C=O) groups is 2. The number of nitrogens with one attached hydrogen (secondary N) is 1. The zero-order valence-electron chi connectivity index (χ0n) is 10.9. The SMILES string of the molecule is COC(=O)C(Br)CN1CCC(CNC(C)=O)CC1. The fourth-order valence-electron chi connectivity index (χ4n) is 2.09.